The molecule has 0 aromatic carbocycles. The Hall–Kier alpha value is -2.80. The van der Waals surface area contributed by atoms with Crippen molar-refractivity contribution >= 4 is 11.4 Å². The molecule has 0 bridgehead atoms. The van der Waals surface area contributed by atoms with Crippen molar-refractivity contribution in [2.24, 2.45) is 10.9 Å². The van der Waals surface area contributed by atoms with E-state index in [4.69, 9.17) is 26.8 Å². The number of nitrogens with two attached hydrogens (primary N) is 2. The van der Waals surface area contributed by atoms with Gasteiger partial charge < -0.3 is 16.3 Å². The number of rotatable bonds is 4. The van der Waals surface area contributed by atoms with Gasteiger partial charge in [0.1, 0.15) is 11.6 Å². The molecule has 1 rings (SSSR count). The SMILES string of the molecule is CCOc1nc(/C(CC#N)=N/N)cc(N)c1C#N. The molecule has 0 aliphatic carbocycles. The van der Waals surface area contributed by atoms with E-state index < -0.39 is 0 Å². The van der Waals surface area contributed by atoms with Crippen LogP contribution in [-0.4, -0.2) is 17.3 Å². The van der Waals surface area contributed by atoms with Crippen LogP contribution >= 0.6 is 0 Å². The standard InChI is InChI=1S/C11H12N6O/c1-2-18-11-7(6-13)8(14)5-10(16-11)9(17-15)3-4-12/h5H,2-3,15H2,1H3,(H2,14,16)/b17-9+. The largest absolute Gasteiger partial charge is 0.477 e. The Bertz CT molecular complexity index is 552. The number of hydrogen-bond donors (Lipinski definition) is 2. The van der Waals surface area contributed by atoms with Crippen molar-refractivity contribution in [1.29, 1.82) is 10.5 Å². The molecule has 18 heavy (non-hydrogen) atoms. The van der Waals surface area contributed by atoms with E-state index in [1.807, 2.05) is 12.1 Å². The van der Waals surface area contributed by atoms with Gasteiger partial charge in [0.05, 0.1) is 36.2 Å². The summed E-state index contributed by atoms with van der Waals surface area (Å²) in [6, 6.07) is 5.28. The van der Waals surface area contributed by atoms with Gasteiger partial charge >= 0.3 is 0 Å². The average molecular weight is 244 g/mol. The van der Waals surface area contributed by atoms with Gasteiger partial charge in [0.2, 0.25) is 5.88 Å². The molecule has 0 unspecified atom stereocenters. The molecule has 7 heteroatoms. The fraction of sp³-hybridized carbons (Fsp3) is 0.273. The summed E-state index contributed by atoms with van der Waals surface area (Å²) in [4.78, 5) is 4.10. The highest BCUT2D eigenvalue weighted by atomic mass is 16.5. The highest BCUT2D eigenvalue weighted by Crippen LogP contribution is 2.23. The van der Waals surface area contributed by atoms with E-state index in [9.17, 15) is 0 Å². The van der Waals surface area contributed by atoms with Crippen molar-refractivity contribution in [3.8, 4) is 18.0 Å². The second-order valence-corrected chi connectivity index (χ2v) is 3.23. The van der Waals surface area contributed by atoms with Gasteiger partial charge in [-0.3, -0.25) is 0 Å². The van der Waals surface area contributed by atoms with Crippen LogP contribution in [0.15, 0.2) is 11.2 Å². The minimum atomic E-state index is 0.000402. The molecule has 0 spiro atoms. The molecular formula is C11H12N6O. The summed E-state index contributed by atoms with van der Waals surface area (Å²) in [6.07, 6.45) is 0.000402. The van der Waals surface area contributed by atoms with Crippen molar-refractivity contribution in [3.63, 3.8) is 0 Å². The fourth-order valence-electron chi connectivity index (χ4n) is 1.32. The zero-order valence-electron chi connectivity index (χ0n) is 9.84. The van der Waals surface area contributed by atoms with Crippen LogP contribution < -0.4 is 16.3 Å². The summed E-state index contributed by atoms with van der Waals surface area (Å²) in [7, 11) is 0. The molecule has 0 saturated carbocycles. The minimum absolute atomic E-state index is 0.000402. The van der Waals surface area contributed by atoms with E-state index in [0.29, 0.717) is 12.3 Å². The minimum Gasteiger partial charge on any atom is -0.477 e. The van der Waals surface area contributed by atoms with Crippen molar-refractivity contribution in [1.82, 2.24) is 4.98 Å². The molecule has 0 atom stereocenters. The van der Waals surface area contributed by atoms with E-state index >= 15 is 0 Å². The molecule has 0 radical (unpaired) electrons. The number of hydrogen-bond acceptors (Lipinski definition) is 7. The van der Waals surface area contributed by atoms with Crippen molar-refractivity contribution in [2.75, 3.05) is 12.3 Å². The van der Waals surface area contributed by atoms with Gasteiger partial charge in [-0.1, -0.05) is 0 Å². The molecule has 7 nitrogen and oxygen atoms in total. The number of pyridine rings is 1. The zero-order chi connectivity index (χ0) is 13.5. The van der Waals surface area contributed by atoms with Gasteiger partial charge in [-0.15, -0.1) is 0 Å². The number of aromatic nitrogens is 1. The smallest absolute Gasteiger partial charge is 0.234 e. The highest BCUT2D eigenvalue weighted by Gasteiger charge is 2.14. The number of anilines is 1. The molecule has 1 aromatic rings. The summed E-state index contributed by atoms with van der Waals surface area (Å²) in [5.74, 6) is 5.31. The van der Waals surface area contributed by atoms with Crippen LogP contribution in [0.5, 0.6) is 5.88 Å². The van der Waals surface area contributed by atoms with Crippen LogP contribution in [0.3, 0.4) is 0 Å². The Labute approximate surface area is 104 Å². The Morgan fingerprint density at radius 2 is 2.28 bits per heavy atom. The second-order valence-electron chi connectivity index (χ2n) is 3.23. The normalized spacial score (nSPS) is 10.5. The quantitative estimate of drug-likeness (QED) is 0.450. The molecule has 1 heterocycles. The van der Waals surface area contributed by atoms with Crippen LogP contribution in [0, 0.1) is 22.7 Å². The van der Waals surface area contributed by atoms with Gasteiger partial charge in [-0.2, -0.15) is 15.6 Å². The number of nitrogen functional groups attached to an aromatic ring is 1. The number of nitrogens with zero attached hydrogens (tertiary/aromatic N) is 4. The summed E-state index contributed by atoms with van der Waals surface area (Å²) in [5.41, 5.74) is 6.72. The third-order valence-corrected chi connectivity index (χ3v) is 2.11. The molecule has 4 N–H and O–H groups in total. The van der Waals surface area contributed by atoms with Gasteiger partial charge in [0, 0.05) is 0 Å². The molecular weight excluding hydrogens is 232 g/mol. The molecule has 0 saturated heterocycles. The first-order chi connectivity index (χ1) is 8.67. The van der Waals surface area contributed by atoms with Gasteiger partial charge in [0.15, 0.2) is 0 Å². The van der Waals surface area contributed by atoms with Gasteiger partial charge in [-0.05, 0) is 13.0 Å². The predicted molar refractivity (Wildman–Crippen MR) is 65.5 cm³/mol. The van der Waals surface area contributed by atoms with Gasteiger partial charge in [-0.25, -0.2) is 4.98 Å². The van der Waals surface area contributed by atoms with Crippen molar-refractivity contribution in [3.05, 3.63) is 17.3 Å². The third kappa shape index (κ3) is 2.66. The number of hydrazone groups is 1. The molecule has 92 valence electrons. The summed E-state index contributed by atoms with van der Waals surface area (Å²) >= 11 is 0. The number of nitriles is 2. The molecule has 0 aliphatic rings. The van der Waals surface area contributed by atoms with E-state index in [2.05, 4.69) is 10.1 Å². The Kier molecular flexibility index (Phi) is 4.47. The lowest BCUT2D eigenvalue weighted by atomic mass is 10.1. The van der Waals surface area contributed by atoms with E-state index in [0.717, 1.165) is 0 Å². The third-order valence-electron chi connectivity index (χ3n) is 2.11. The Balaban J connectivity index is 3.34. The lowest BCUT2D eigenvalue weighted by Crippen LogP contribution is -2.10. The fourth-order valence-corrected chi connectivity index (χ4v) is 1.32. The van der Waals surface area contributed by atoms with Crippen LogP contribution in [0.1, 0.15) is 24.6 Å². The van der Waals surface area contributed by atoms with Crippen LogP contribution in [-0.2, 0) is 0 Å². The monoisotopic (exact) mass is 244 g/mol. The maximum atomic E-state index is 8.96. The summed E-state index contributed by atoms with van der Waals surface area (Å²) < 4.78 is 5.23. The number of ether oxygens (including phenoxy) is 1. The van der Waals surface area contributed by atoms with Crippen molar-refractivity contribution < 1.29 is 4.74 Å². The van der Waals surface area contributed by atoms with E-state index in [1.165, 1.54) is 6.07 Å². The lowest BCUT2D eigenvalue weighted by molar-refractivity contribution is 0.326. The molecule has 1 aromatic heterocycles. The maximum absolute atomic E-state index is 8.96. The average Bonchev–Trinajstić information content (AvgIpc) is 2.36. The Morgan fingerprint density at radius 3 is 2.78 bits per heavy atom. The van der Waals surface area contributed by atoms with E-state index in [1.54, 1.807) is 6.92 Å². The first kappa shape index (κ1) is 13.3. The van der Waals surface area contributed by atoms with Gasteiger partial charge in [0.25, 0.3) is 0 Å². The molecule has 0 amide bonds. The second kappa shape index (κ2) is 6.06. The van der Waals surface area contributed by atoms with E-state index in [-0.39, 0.29) is 29.3 Å². The maximum Gasteiger partial charge on any atom is 0.234 e. The predicted octanol–water partition coefficient (Wildman–Crippen LogP) is 0.511. The first-order valence-corrected chi connectivity index (χ1v) is 5.15. The summed E-state index contributed by atoms with van der Waals surface area (Å²) in [6.45, 7) is 2.11. The van der Waals surface area contributed by atoms with Crippen LogP contribution in [0.4, 0.5) is 5.69 Å². The van der Waals surface area contributed by atoms with Crippen LogP contribution in [0.2, 0.25) is 0 Å². The topological polar surface area (TPSA) is 134 Å². The Morgan fingerprint density at radius 1 is 1.56 bits per heavy atom. The summed E-state index contributed by atoms with van der Waals surface area (Å²) in [5, 5.41) is 21.1. The van der Waals surface area contributed by atoms with Crippen molar-refractivity contribution in [2.45, 2.75) is 13.3 Å². The first-order valence-electron chi connectivity index (χ1n) is 5.15. The molecule has 0 aliphatic heterocycles. The van der Waals surface area contributed by atoms with Crippen LogP contribution in [0.25, 0.3) is 0 Å². The zero-order valence-corrected chi connectivity index (χ0v) is 9.84. The molecule has 0 fully saturated rings. The highest BCUT2D eigenvalue weighted by molar-refractivity contribution is 6.01. The lowest BCUT2D eigenvalue weighted by Gasteiger charge is -2.09.